The Morgan fingerprint density at radius 3 is 1.59 bits per heavy atom. The molecule has 0 saturated carbocycles. The maximum Gasteiger partial charge on any atom is 0.234 e. The summed E-state index contributed by atoms with van der Waals surface area (Å²) < 4.78 is 0. The third kappa shape index (κ3) is 4.45. The van der Waals surface area contributed by atoms with Crippen LogP contribution < -0.4 is 11.5 Å². The molecule has 0 saturated heterocycles. The summed E-state index contributed by atoms with van der Waals surface area (Å²) in [6.07, 6.45) is 1.71. The number of amides is 2. The highest BCUT2D eigenvalue weighted by Gasteiger charge is 2.28. The van der Waals surface area contributed by atoms with Crippen molar-refractivity contribution in [2.75, 3.05) is 0 Å². The van der Waals surface area contributed by atoms with Gasteiger partial charge in [-0.15, -0.1) is 0 Å². The Morgan fingerprint density at radius 1 is 0.818 bits per heavy atom. The van der Waals surface area contributed by atoms with Crippen molar-refractivity contribution >= 4 is 11.8 Å². The summed E-state index contributed by atoms with van der Waals surface area (Å²) in [4.78, 5) is 22.7. The van der Waals surface area contributed by atoms with Gasteiger partial charge in [0.15, 0.2) is 0 Å². The number of allylic oxidation sites excluding steroid dienone is 5. The lowest BCUT2D eigenvalue weighted by Crippen LogP contribution is -2.36. The molecule has 0 spiro atoms. The van der Waals surface area contributed by atoms with Crippen LogP contribution in [0, 0.1) is 5.92 Å². The number of hydrogen-bond donors (Lipinski definition) is 2. The summed E-state index contributed by atoms with van der Waals surface area (Å²) >= 11 is 0. The lowest BCUT2D eigenvalue weighted by molar-refractivity contribution is -0.129. The van der Waals surface area contributed by atoms with Gasteiger partial charge in [-0.1, -0.05) is 52.8 Å². The van der Waals surface area contributed by atoms with Gasteiger partial charge < -0.3 is 11.5 Å². The van der Waals surface area contributed by atoms with E-state index in [1.54, 1.807) is 0 Å². The van der Waals surface area contributed by atoms with E-state index in [4.69, 9.17) is 11.5 Å². The minimum absolute atomic E-state index is 0.111. The van der Waals surface area contributed by atoms with Crippen LogP contribution in [0.25, 0.3) is 0 Å². The molecular weight excluding hydrogens is 276 g/mol. The fourth-order valence-electron chi connectivity index (χ4n) is 1.88. The molecule has 22 heavy (non-hydrogen) atoms. The van der Waals surface area contributed by atoms with Gasteiger partial charge in [-0.3, -0.25) is 9.59 Å². The zero-order valence-electron chi connectivity index (χ0n) is 13.2. The Morgan fingerprint density at radius 2 is 1.23 bits per heavy atom. The Bertz CT molecular complexity index is 580. The third-order valence-corrected chi connectivity index (χ3v) is 3.38. The van der Waals surface area contributed by atoms with Crippen molar-refractivity contribution in [2.45, 2.75) is 19.8 Å². The number of carbonyl (C=O) groups is 2. The maximum atomic E-state index is 11.3. The number of rotatable bonds is 10. The van der Waals surface area contributed by atoms with Gasteiger partial charge in [-0.05, 0) is 39.9 Å². The predicted octanol–water partition coefficient (Wildman–Crippen LogP) is 2.71. The molecule has 0 heterocycles. The molecule has 0 unspecified atom stereocenters. The summed E-state index contributed by atoms with van der Waals surface area (Å²) in [6, 6.07) is 0. The third-order valence-electron chi connectivity index (χ3n) is 3.38. The van der Waals surface area contributed by atoms with E-state index in [9.17, 15) is 9.59 Å². The van der Waals surface area contributed by atoms with Crippen LogP contribution >= 0.6 is 0 Å². The van der Waals surface area contributed by atoms with E-state index in [2.05, 4.69) is 39.5 Å². The van der Waals surface area contributed by atoms with Gasteiger partial charge in [-0.25, -0.2) is 0 Å². The molecule has 0 radical (unpaired) electrons. The van der Waals surface area contributed by atoms with E-state index in [-0.39, 0.29) is 11.1 Å². The van der Waals surface area contributed by atoms with Crippen LogP contribution in [0.15, 0.2) is 72.9 Å². The van der Waals surface area contributed by atoms with E-state index in [0.29, 0.717) is 16.7 Å². The minimum Gasteiger partial charge on any atom is -0.369 e. The number of hydrogen-bond acceptors (Lipinski definition) is 2. The molecule has 2 amide bonds. The highest BCUT2D eigenvalue weighted by molar-refractivity contribution is 6.03. The summed E-state index contributed by atoms with van der Waals surface area (Å²) in [5, 5.41) is 0. The normalized spacial score (nSPS) is 9.91. The van der Waals surface area contributed by atoms with Crippen LogP contribution in [0.4, 0.5) is 0 Å². The van der Waals surface area contributed by atoms with Crippen molar-refractivity contribution in [1.29, 1.82) is 0 Å². The monoisotopic (exact) mass is 300 g/mol. The largest absolute Gasteiger partial charge is 0.369 e. The van der Waals surface area contributed by atoms with E-state index in [1.807, 2.05) is 6.92 Å². The van der Waals surface area contributed by atoms with Crippen molar-refractivity contribution in [3.63, 3.8) is 0 Å². The van der Waals surface area contributed by atoms with Crippen molar-refractivity contribution in [2.24, 2.45) is 17.4 Å². The molecule has 0 atom stereocenters. The molecule has 4 N–H and O–H groups in total. The lowest BCUT2D eigenvalue weighted by atomic mass is 9.84. The first-order valence-electron chi connectivity index (χ1n) is 6.78. The van der Waals surface area contributed by atoms with Crippen LogP contribution in [0.1, 0.15) is 19.8 Å². The van der Waals surface area contributed by atoms with Crippen LogP contribution in [-0.2, 0) is 9.59 Å². The van der Waals surface area contributed by atoms with E-state index in [0.717, 1.165) is 18.4 Å². The summed E-state index contributed by atoms with van der Waals surface area (Å²) in [5.74, 6) is -3.10. The molecule has 0 aromatic heterocycles. The number of carbonyl (C=O) groups excluding carboxylic acids is 2. The highest BCUT2D eigenvalue weighted by atomic mass is 16.2. The molecule has 0 aliphatic heterocycles. The van der Waals surface area contributed by atoms with Crippen molar-refractivity contribution in [3.8, 4) is 0 Å². The molecular formula is C18H24N2O2. The second-order valence-corrected chi connectivity index (χ2v) is 5.03. The fraction of sp³-hybridized carbons (Fsp3) is 0.222. The smallest absolute Gasteiger partial charge is 0.234 e. The molecule has 0 fully saturated rings. The molecule has 0 aromatic carbocycles. The van der Waals surface area contributed by atoms with Gasteiger partial charge in [0.2, 0.25) is 11.8 Å². The summed E-state index contributed by atoms with van der Waals surface area (Å²) in [5.41, 5.74) is 13.2. The molecule has 0 aliphatic rings. The van der Waals surface area contributed by atoms with Crippen LogP contribution in [0.3, 0.4) is 0 Å². The van der Waals surface area contributed by atoms with Gasteiger partial charge in [0.1, 0.15) is 5.92 Å². The molecule has 0 rings (SSSR count). The minimum atomic E-state index is -1.33. The maximum absolute atomic E-state index is 11.3. The standard InChI is InChI=1S/C18H24N2O2/c1-8-9-10(2)11(3)12(4)13(5)14(6)15(7)16(17(19)21)18(20)22/h16H,2-9H2,1H3,(H2,19,21)(H2,20,22). The van der Waals surface area contributed by atoms with Crippen molar-refractivity contribution in [1.82, 2.24) is 0 Å². The molecule has 4 nitrogen and oxygen atoms in total. The van der Waals surface area contributed by atoms with Gasteiger partial charge in [0.25, 0.3) is 0 Å². The Hall–Kier alpha value is -2.62. The van der Waals surface area contributed by atoms with E-state index < -0.39 is 17.7 Å². The molecule has 4 heteroatoms. The molecule has 118 valence electrons. The summed E-state index contributed by atoms with van der Waals surface area (Å²) in [7, 11) is 0. The lowest BCUT2D eigenvalue weighted by Gasteiger charge is -2.20. The number of primary amides is 2. The van der Waals surface area contributed by atoms with Crippen LogP contribution in [0.5, 0.6) is 0 Å². The zero-order valence-corrected chi connectivity index (χ0v) is 13.2. The van der Waals surface area contributed by atoms with Gasteiger partial charge in [0.05, 0.1) is 0 Å². The van der Waals surface area contributed by atoms with E-state index in [1.165, 1.54) is 0 Å². The van der Waals surface area contributed by atoms with Gasteiger partial charge in [-0.2, -0.15) is 0 Å². The Balaban J connectivity index is 5.26. The highest BCUT2D eigenvalue weighted by Crippen LogP contribution is 2.31. The first kappa shape index (κ1) is 19.4. The SMILES string of the molecule is C=C(CCC)C(=C)C(=C)C(=C)C(=C)C(=C)C(C(N)=O)C(N)=O. The van der Waals surface area contributed by atoms with Crippen molar-refractivity contribution < 1.29 is 9.59 Å². The van der Waals surface area contributed by atoms with Crippen LogP contribution in [0.2, 0.25) is 0 Å². The molecule has 0 aliphatic carbocycles. The summed E-state index contributed by atoms with van der Waals surface area (Å²) in [6.45, 7) is 25.2. The first-order valence-corrected chi connectivity index (χ1v) is 6.78. The second-order valence-electron chi connectivity index (χ2n) is 5.03. The fourth-order valence-corrected chi connectivity index (χ4v) is 1.88. The zero-order chi connectivity index (χ0) is 17.6. The predicted molar refractivity (Wildman–Crippen MR) is 91.6 cm³/mol. The number of nitrogens with two attached hydrogens (primary N) is 2. The van der Waals surface area contributed by atoms with Crippen molar-refractivity contribution in [3.05, 3.63) is 72.9 Å². The Labute approximate surface area is 132 Å². The average molecular weight is 300 g/mol. The average Bonchev–Trinajstić information content (AvgIpc) is 2.43. The molecule has 0 bridgehead atoms. The van der Waals surface area contributed by atoms with Gasteiger partial charge in [0, 0.05) is 0 Å². The van der Waals surface area contributed by atoms with Crippen LogP contribution in [-0.4, -0.2) is 11.8 Å². The second kappa shape index (κ2) is 7.98. The topological polar surface area (TPSA) is 86.2 Å². The Kier molecular flexibility index (Phi) is 7.03. The van der Waals surface area contributed by atoms with Gasteiger partial charge >= 0.3 is 0 Å². The molecule has 0 aromatic rings. The first-order chi connectivity index (χ1) is 10.1. The quantitative estimate of drug-likeness (QED) is 0.480. The van der Waals surface area contributed by atoms with E-state index >= 15 is 0 Å².